The Hall–Kier alpha value is -2.99. The van der Waals surface area contributed by atoms with Crippen LogP contribution in [0.1, 0.15) is 11.1 Å². The molecule has 0 fully saturated rings. The molecule has 0 amide bonds. The molecule has 0 atom stereocenters. The molecule has 3 heteroatoms. The van der Waals surface area contributed by atoms with Crippen molar-refractivity contribution in [1.82, 2.24) is 0 Å². The van der Waals surface area contributed by atoms with E-state index in [9.17, 15) is 4.79 Å². The lowest BCUT2D eigenvalue weighted by atomic mass is 10.1. The molecule has 102 valence electrons. The van der Waals surface area contributed by atoms with E-state index in [2.05, 4.69) is 11.8 Å². The van der Waals surface area contributed by atoms with Crippen LogP contribution in [-0.2, 0) is 0 Å². The zero-order chi connectivity index (χ0) is 14.7. The summed E-state index contributed by atoms with van der Waals surface area (Å²) in [7, 11) is 1.61. The second kappa shape index (κ2) is 5.56. The molecule has 21 heavy (non-hydrogen) atoms. The highest BCUT2D eigenvalue weighted by molar-refractivity contribution is 5.77. The van der Waals surface area contributed by atoms with Gasteiger partial charge in [-0.25, -0.2) is 4.79 Å². The second-order valence-corrected chi connectivity index (χ2v) is 4.46. The number of para-hydroxylation sites is 1. The molecule has 0 saturated carbocycles. The van der Waals surface area contributed by atoms with Gasteiger partial charge in [0.1, 0.15) is 16.9 Å². The first-order chi connectivity index (χ1) is 10.3. The summed E-state index contributed by atoms with van der Waals surface area (Å²) in [6.45, 7) is 0. The lowest BCUT2D eigenvalue weighted by molar-refractivity contribution is 0.415. The average Bonchev–Trinajstić information content (AvgIpc) is 2.53. The number of ether oxygens (including phenoxy) is 1. The molecule has 0 radical (unpaired) electrons. The van der Waals surface area contributed by atoms with E-state index in [0.29, 0.717) is 11.1 Å². The summed E-state index contributed by atoms with van der Waals surface area (Å²) in [5.41, 5.74) is 1.31. The van der Waals surface area contributed by atoms with Crippen LogP contribution in [0.4, 0.5) is 0 Å². The van der Waals surface area contributed by atoms with Crippen molar-refractivity contribution in [1.29, 1.82) is 0 Å². The molecule has 3 rings (SSSR count). The molecule has 1 heterocycles. The zero-order valence-electron chi connectivity index (χ0n) is 11.4. The van der Waals surface area contributed by atoms with Crippen LogP contribution in [0.25, 0.3) is 11.0 Å². The topological polar surface area (TPSA) is 39.4 Å². The first-order valence-corrected chi connectivity index (χ1v) is 6.45. The van der Waals surface area contributed by atoms with Gasteiger partial charge in [0, 0.05) is 10.9 Å². The van der Waals surface area contributed by atoms with Gasteiger partial charge in [-0.2, -0.15) is 0 Å². The average molecular weight is 276 g/mol. The van der Waals surface area contributed by atoms with Crippen LogP contribution in [0.15, 0.2) is 63.8 Å². The van der Waals surface area contributed by atoms with Gasteiger partial charge < -0.3 is 9.15 Å². The van der Waals surface area contributed by atoms with E-state index in [1.165, 1.54) is 0 Å². The molecule has 0 aliphatic heterocycles. The number of rotatable bonds is 1. The smallest absolute Gasteiger partial charge is 0.352 e. The van der Waals surface area contributed by atoms with Crippen molar-refractivity contribution in [2.45, 2.75) is 0 Å². The van der Waals surface area contributed by atoms with Crippen molar-refractivity contribution in [3.8, 4) is 17.6 Å². The quantitative estimate of drug-likeness (QED) is 0.506. The number of fused-ring (bicyclic) bond motifs is 1. The summed E-state index contributed by atoms with van der Waals surface area (Å²) in [5.74, 6) is 6.58. The van der Waals surface area contributed by atoms with E-state index in [1.807, 2.05) is 42.5 Å². The monoisotopic (exact) mass is 276 g/mol. The molecule has 1 aromatic heterocycles. The molecule has 2 aromatic carbocycles. The Morgan fingerprint density at radius 2 is 1.76 bits per heavy atom. The van der Waals surface area contributed by atoms with Crippen LogP contribution >= 0.6 is 0 Å². The SMILES string of the molecule is COc1ccc(C#Cc2cc3ccccc3oc2=O)cc1. The third kappa shape index (κ3) is 2.80. The first-order valence-electron chi connectivity index (χ1n) is 6.45. The molecule has 0 unspecified atom stereocenters. The van der Waals surface area contributed by atoms with E-state index in [1.54, 1.807) is 19.2 Å². The van der Waals surface area contributed by atoms with Crippen LogP contribution in [0.2, 0.25) is 0 Å². The fourth-order valence-electron chi connectivity index (χ4n) is 1.96. The van der Waals surface area contributed by atoms with Crippen LogP contribution in [0.3, 0.4) is 0 Å². The third-order valence-electron chi connectivity index (χ3n) is 3.07. The van der Waals surface area contributed by atoms with Gasteiger partial charge in [0.05, 0.1) is 7.11 Å². The highest BCUT2D eigenvalue weighted by atomic mass is 16.5. The lowest BCUT2D eigenvalue weighted by Gasteiger charge is -1.98. The fraction of sp³-hybridized carbons (Fsp3) is 0.0556. The molecule has 0 N–H and O–H groups in total. The molecule has 0 aliphatic rings. The van der Waals surface area contributed by atoms with Gasteiger partial charge in [0.25, 0.3) is 0 Å². The van der Waals surface area contributed by atoms with Crippen LogP contribution in [0, 0.1) is 11.8 Å². The predicted molar refractivity (Wildman–Crippen MR) is 81.5 cm³/mol. The lowest BCUT2D eigenvalue weighted by Crippen LogP contribution is -2.03. The Morgan fingerprint density at radius 3 is 2.52 bits per heavy atom. The molecule has 0 saturated heterocycles. The van der Waals surface area contributed by atoms with Gasteiger partial charge in [-0.1, -0.05) is 30.0 Å². The van der Waals surface area contributed by atoms with Crippen LogP contribution in [-0.4, -0.2) is 7.11 Å². The summed E-state index contributed by atoms with van der Waals surface area (Å²) in [6.07, 6.45) is 0. The van der Waals surface area contributed by atoms with Crippen molar-refractivity contribution in [2.24, 2.45) is 0 Å². The minimum absolute atomic E-state index is 0.351. The van der Waals surface area contributed by atoms with Gasteiger partial charge in [-0.3, -0.25) is 0 Å². The van der Waals surface area contributed by atoms with E-state index in [0.717, 1.165) is 16.7 Å². The summed E-state index contributed by atoms with van der Waals surface area (Å²) in [4.78, 5) is 11.9. The maximum Gasteiger partial charge on any atom is 0.352 e. The standard InChI is InChI=1S/C18H12O3/c1-20-16-10-7-13(8-11-16)6-9-15-12-14-4-2-3-5-17(14)21-18(15)19/h2-5,7-8,10-12H,1H3. The molecule has 0 spiro atoms. The number of benzene rings is 2. The predicted octanol–water partition coefficient (Wildman–Crippen LogP) is 3.20. The van der Waals surface area contributed by atoms with E-state index in [4.69, 9.17) is 9.15 Å². The summed E-state index contributed by atoms with van der Waals surface area (Å²) in [6, 6.07) is 16.5. The van der Waals surface area contributed by atoms with Gasteiger partial charge in [0.2, 0.25) is 0 Å². The van der Waals surface area contributed by atoms with E-state index in [-0.39, 0.29) is 0 Å². The maximum atomic E-state index is 11.9. The van der Waals surface area contributed by atoms with Gasteiger partial charge in [-0.15, -0.1) is 0 Å². The van der Waals surface area contributed by atoms with E-state index < -0.39 is 5.63 Å². The van der Waals surface area contributed by atoms with Crippen molar-refractivity contribution >= 4 is 11.0 Å². The van der Waals surface area contributed by atoms with Crippen molar-refractivity contribution in [3.05, 3.63) is 76.1 Å². The Labute approximate surface area is 121 Å². The van der Waals surface area contributed by atoms with Gasteiger partial charge >= 0.3 is 5.63 Å². The summed E-state index contributed by atoms with van der Waals surface area (Å²) >= 11 is 0. The Balaban J connectivity index is 1.99. The molecule has 0 aliphatic carbocycles. The van der Waals surface area contributed by atoms with E-state index >= 15 is 0 Å². The number of hydrogen-bond donors (Lipinski definition) is 0. The summed E-state index contributed by atoms with van der Waals surface area (Å²) < 4.78 is 10.3. The van der Waals surface area contributed by atoms with Crippen molar-refractivity contribution in [2.75, 3.05) is 7.11 Å². The van der Waals surface area contributed by atoms with Crippen LogP contribution in [0.5, 0.6) is 5.75 Å². The first kappa shape index (κ1) is 13.0. The van der Waals surface area contributed by atoms with Crippen molar-refractivity contribution < 1.29 is 9.15 Å². The Morgan fingerprint density at radius 1 is 1.00 bits per heavy atom. The Kier molecular flexibility index (Phi) is 3.44. The molecule has 3 aromatic rings. The Bertz CT molecular complexity index is 893. The number of hydrogen-bond acceptors (Lipinski definition) is 3. The van der Waals surface area contributed by atoms with Gasteiger partial charge in [0.15, 0.2) is 0 Å². The van der Waals surface area contributed by atoms with Gasteiger partial charge in [-0.05, 0) is 36.4 Å². The zero-order valence-corrected chi connectivity index (χ0v) is 11.4. The number of methoxy groups -OCH3 is 1. The van der Waals surface area contributed by atoms with Crippen molar-refractivity contribution in [3.63, 3.8) is 0 Å². The molecule has 3 nitrogen and oxygen atoms in total. The second-order valence-electron chi connectivity index (χ2n) is 4.46. The molecule has 0 bridgehead atoms. The maximum absolute atomic E-state index is 11.9. The summed E-state index contributed by atoms with van der Waals surface area (Å²) in [5, 5.41) is 0.858. The molecular formula is C18H12O3. The highest BCUT2D eigenvalue weighted by Crippen LogP contribution is 2.13. The third-order valence-corrected chi connectivity index (χ3v) is 3.07. The molecular weight excluding hydrogens is 264 g/mol. The van der Waals surface area contributed by atoms with Crippen LogP contribution < -0.4 is 10.4 Å². The highest BCUT2D eigenvalue weighted by Gasteiger charge is 2.01. The minimum atomic E-state index is -0.422. The minimum Gasteiger partial charge on any atom is -0.497 e. The normalized spacial score (nSPS) is 9.95. The fourth-order valence-corrected chi connectivity index (χ4v) is 1.96. The largest absolute Gasteiger partial charge is 0.497 e.